The molecule has 5 heteroatoms. The van der Waals surface area contributed by atoms with E-state index in [1.54, 1.807) is 18.2 Å². The van der Waals surface area contributed by atoms with Gasteiger partial charge in [0.15, 0.2) is 0 Å². The second-order valence-corrected chi connectivity index (χ2v) is 3.68. The third kappa shape index (κ3) is 3.24. The number of hydrogen-bond donors (Lipinski definition) is 1. The molecule has 0 heterocycles. The van der Waals surface area contributed by atoms with E-state index in [0.29, 0.717) is 17.0 Å². The van der Waals surface area contributed by atoms with Gasteiger partial charge in [-0.05, 0) is 24.1 Å². The maximum absolute atomic E-state index is 11.2. The molecule has 0 spiro atoms. The van der Waals surface area contributed by atoms with Gasteiger partial charge in [0.05, 0.1) is 17.7 Å². The second kappa shape index (κ2) is 5.51. The van der Waals surface area contributed by atoms with Crippen molar-refractivity contribution >= 4 is 23.5 Å². The third-order valence-electron chi connectivity index (χ3n) is 2.10. The van der Waals surface area contributed by atoms with Crippen molar-refractivity contribution in [1.82, 2.24) is 0 Å². The topological polar surface area (TPSA) is 69.4 Å². The number of aryl methyl sites for hydroxylation is 1. The number of halogens is 1. The maximum Gasteiger partial charge on any atom is 0.339 e. The summed E-state index contributed by atoms with van der Waals surface area (Å²) in [7, 11) is 1.29. The summed E-state index contributed by atoms with van der Waals surface area (Å²) in [5.41, 5.74) is 6.20. The minimum absolute atomic E-state index is 0.258. The Morgan fingerprint density at radius 3 is 2.62 bits per heavy atom. The normalized spacial score (nSPS) is 9.88. The molecule has 0 saturated heterocycles. The molecule has 0 fully saturated rings. The Morgan fingerprint density at radius 2 is 2.12 bits per heavy atom. The first-order valence-electron chi connectivity index (χ1n) is 4.69. The van der Waals surface area contributed by atoms with Crippen LogP contribution in [0.15, 0.2) is 18.2 Å². The molecule has 4 nitrogen and oxygen atoms in total. The molecular formula is C11H12ClNO3. The zero-order valence-electron chi connectivity index (χ0n) is 8.83. The van der Waals surface area contributed by atoms with Gasteiger partial charge in [0.2, 0.25) is 5.91 Å². The minimum Gasteiger partial charge on any atom is -0.465 e. The molecule has 1 aromatic carbocycles. The first-order valence-corrected chi connectivity index (χ1v) is 5.07. The molecule has 0 aliphatic carbocycles. The van der Waals surface area contributed by atoms with E-state index >= 15 is 0 Å². The molecule has 0 aliphatic heterocycles. The highest BCUT2D eigenvalue weighted by Crippen LogP contribution is 2.19. The van der Waals surface area contributed by atoms with Crippen molar-refractivity contribution in [3.63, 3.8) is 0 Å². The molecule has 0 bridgehead atoms. The number of carbonyl (C=O) groups excluding carboxylic acids is 2. The van der Waals surface area contributed by atoms with Crippen LogP contribution < -0.4 is 5.73 Å². The Balaban J connectivity index is 2.82. The van der Waals surface area contributed by atoms with Crippen molar-refractivity contribution in [3.05, 3.63) is 34.3 Å². The number of amides is 1. The average molecular weight is 242 g/mol. The average Bonchev–Trinajstić information content (AvgIpc) is 2.25. The maximum atomic E-state index is 11.2. The van der Waals surface area contributed by atoms with Crippen molar-refractivity contribution in [2.24, 2.45) is 5.73 Å². The van der Waals surface area contributed by atoms with Crippen LogP contribution in [-0.4, -0.2) is 19.0 Å². The standard InChI is InChI=1S/C11H12ClNO3/c1-16-11(15)8-4-2-7(6-9(8)12)3-5-10(13)14/h2,4,6H,3,5H2,1H3,(H2,13,14). The van der Waals surface area contributed by atoms with Gasteiger partial charge in [-0.2, -0.15) is 0 Å². The van der Waals surface area contributed by atoms with Crippen molar-refractivity contribution < 1.29 is 14.3 Å². The molecule has 1 aromatic rings. The van der Waals surface area contributed by atoms with Crippen molar-refractivity contribution in [1.29, 1.82) is 0 Å². The van der Waals surface area contributed by atoms with Crippen molar-refractivity contribution in [3.8, 4) is 0 Å². The Labute approximate surface area is 98.3 Å². The number of esters is 1. The molecule has 16 heavy (non-hydrogen) atoms. The van der Waals surface area contributed by atoms with Gasteiger partial charge >= 0.3 is 5.97 Å². The Kier molecular flexibility index (Phi) is 4.31. The van der Waals surface area contributed by atoms with Crippen molar-refractivity contribution in [2.45, 2.75) is 12.8 Å². The van der Waals surface area contributed by atoms with Gasteiger partial charge in [-0.25, -0.2) is 4.79 Å². The number of hydrogen-bond acceptors (Lipinski definition) is 3. The van der Waals surface area contributed by atoms with E-state index in [0.717, 1.165) is 5.56 Å². The molecular weight excluding hydrogens is 230 g/mol. The van der Waals surface area contributed by atoms with Crippen LogP contribution in [0.2, 0.25) is 5.02 Å². The van der Waals surface area contributed by atoms with Crippen LogP contribution in [0, 0.1) is 0 Å². The predicted molar refractivity (Wildman–Crippen MR) is 60.3 cm³/mol. The summed E-state index contributed by atoms with van der Waals surface area (Å²) in [6.07, 6.45) is 0.768. The molecule has 2 N–H and O–H groups in total. The molecule has 1 amide bonds. The zero-order valence-corrected chi connectivity index (χ0v) is 9.58. The summed E-state index contributed by atoms with van der Waals surface area (Å²) in [6.45, 7) is 0. The van der Waals surface area contributed by atoms with Gasteiger partial charge in [-0.1, -0.05) is 17.7 Å². The van der Waals surface area contributed by atoms with E-state index in [1.165, 1.54) is 7.11 Å². The van der Waals surface area contributed by atoms with Crippen LogP contribution in [0.3, 0.4) is 0 Å². The largest absolute Gasteiger partial charge is 0.465 e. The minimum atomic E-state index is -0.480. The SMILES string of the molecule is COC(=O)c1ccc(CCC(N)=O)cc1Cl. The molecule has 0 atom stereocenters. The van der Waals surface area contributed by atoms with Crippen LogP contribution >= 0.6 is 11.6 Å². The zero-order chi connectivity index (χ0) is 12.1. The lowest BCUT2D eigenvalue weighted by Gasteiger charge is -2.04. The summed E-state index contributed by atoms with van der Waals surface area (Å²) < 4.78 is 4.56. The van der Waals surface area contributed by atoms with Crippen LogP contribution in [0.25, 0.3) is 0 Å². The molecule has 0 radical (unpaired) electrons. The van der Waals surface area contributed by atoms with Gasteiger partial charge in [0.25, 0.3) is 0 Å². The summed E-state index contributed by atoms with van der Waals surface area (Å²) in [4.78, 5) is 21.8. The summed E-state index contributed by atoms with van der Waals surface area (Å²) in [6, 6.07) is 4.93. The third-order valence-corrected chi connectivity index (χ3v) is 2.41. The molecule has 0 aliphatic rings. The quantitative estimate of drug-likeness (QED) is 0.813. The Morgan fingerprint density at radius 1 is 1.44 bits per heavy atom. The Hall–Kier alpha value is -1.55. The van der Waals surface area contributed by atoms with E-state index < -0.39 is 5.97 Å². The first-order chi connectivity index (χ1) is 7.54. The van der Waals surface area contributed by atoms with Gasteiger partial charge in [0.1, 0.15) is 0 Å². The fourth-order valence-corrected chi connectivity index (χ4v) is 1.54. The lowest BCUT2D eigenvalue weighted by molar-refractivity contribution is -0.117. The van der Waals surface area contributed by atoms with Gasteiger partial charge in [-0.15, -0.1) is 0 Å². The predicted octanol–water partition coefficient (Wildman–Crippen LogP) is 1.54. The molecule has 0 saturated carbocycles. The monoisotopic (exact) mass is 241 g/mol. The lowest BCUT2D eigenvalue weighted by atomic mass is 10.1. The van der Waals surface area contributed by atoms with Crippen LogP contribution in [0.4, 0.5) is 0 Å². The van der Waals surface area contributed by atoms with Gasteiger partial charge in [-0.3, -0.25) is 4.79 Å². The van der Waals surface area contributed by atoms with E-state index in [9.17, 15) is 9.59 Å². The molecule has 86 valence electrons. The van der Waals surface area contributed by atoms with E-state index in [1.807, 2.05) is 0 Å². The lowest BCUT2D eigenvalue weighted by Crippen LogP contribution is -2.11. The Bertz CT molecular complexity index is 418. The number of rotatable bonds is 4. The first kappa shape index (κ1) is 12.5. The molecule has 0 unspecified atom stereocenters. The van der Waals surface area contributed by atoms with Crippen LogP contribution in [0.1, 0.15) is 22.3 Å². The van der Waals surface area contributed by atoms with E-state index in [4.69, 9.17) is 17.3 Å². The molecule has 0 aromatic heterocycles. The smallest absolute Gasteiger partial charge is 0.339 e. The van der Waals surface area contributed by atoms with E-state index in [-0.39, 0.29) is 12.3 Å². The summed E-state index contributed by atoms with van der Waals surface area (Å²) in [5.74, 6) is -0.848. The summed E-state index contributed by atoms with van der Waals surface area (Å²) in [5, 5.41) is 0.314. The van der Waals surface area contributed by atoms with Crippen LogP contribution in [0.5, 0.6) is 0 Å². The number of benzene rings is 1. The summed E-state index contributed by atoms with van der Waals surface area (Å²) >= 11 is 5.90. The van der Waals surface area contributed by atoms with E-state index in [2.05, 4.69) is 4.74 Å². The number of ether oxygens (including phenoxy) is 1. The second-order valence-electron chi connectivity index (χ2n) is 3.27. The number of nitrogens with two attached hydrogens (primary N) is 1. The molecule has 1 rings (SSSR count). The fraction of sp³-hybridized carbons (Fsp3) is 0.273. The highest BCUT2D eigenvalue weighted by molar-refractivity contribution is 6.33. The highest BCUT2D eigenvalue weighted by atomic mass is 35.5. The van der Waals surface area contributed by atoms with Gasteiger partial charge in [0, 0.05) is 6.42 Å². The number of primary amides is 1. The van der Waals surface area contributed by atoms with Crippen molar-refractivity contribution in [2.75, 3.05) is 7.11 Å². The van der Waals surface area contributed by atoms with Crippen LogP contribution in [-0.2, 0) is 16.0 Å². The number of methoxy groups -OCH3 is 1. The number of carbonyl (C=O) groups is 2. The fourth-order valence-electron chi connectivity index (χ4n) is 1.26. The highest BCUT2D eigenvalue weighted by Gasteiger charge is 2.10. The van der Waals surface area contributed by atoms with Gasteiger partial charge < -0.3 is 10.5 Å².